The summed E-state index contributed by atoms with van der Waals surface area (Å²) in [7, 11) is -3.67. The number of anilines is 2. The topological polar surface area (TPSA) is 69.7 Å². The second-order valence-corrected chi connectivity index (χ2v) is 10.8. The second-order valence-electron chi connectivity index (χ2n) is 9.04. The van der Waals surface area contributed by atoms with E-state index in [1.807, 2.05) is 26.0 Å². The van der Waals surface area contributed by atoms with Crippen molar-refractivity contribution in [3.63, 3.8) is 0 Å². The van der Waals surface area contributed by atoms with Gasteiger partial charge in [-0.15, -0.1) is 0 Å². The van der Waals surface area contributed by atoms with Crippen molar-refractivity contribution in [3.8, 4) is 0 Å². The highest BCUT2D eigenvalue weighted by Gasteiger charge is 2.26. The number of carbonyl (C=O) groups excluding carboxylic acids is 1. The highest BCUT2D eigenvalue weighted by molar-refractivity contribution is 7.89. The lowest BCUT2D eigenvalue weighted by Crippen LogP contribution is -2.32. The van der Waals surface area contributed by atoms with Gasteiger partial charge in [-0.05, 0) is 73.6 Å². The maximum Gasteiger partial charge on any atom is 0.241 e. The summed E-state index contributed by atoms with van der Waals surface area (Å²) in [6, 6.07) is 12.9. The number of benzene rings is 2. The number of amides is 1. The lowest BCUT2D eigenvalue weighted by Gasteiger charge is -2.32. The highest BCUT2D eigenvalue weighted by Crippen LogP contribution is 2.31. The lowest BCUT2D eigenvalue weighted by atomic mass is 9.98. The van der Waals surface area contributed by atoms with Crippen LogP contribution in [-0.2, 0) is 21.2 Å². The van der Waals surface area contributed by atoms with Gasteiger partial charge in [0.2, 0.25) is 15.9 Å². The van der Waals surface area contributed by atoms with Gasteiger partial charge in [0.1, 0.15) is 0 Å². The predicted molar refractivity (Wildman–Crippen MR) is 129 cm³/mol. The van der Waals surface area contributed by atoms with E-state index in [4.69, 9.17) is 0 Å². The Bertz CT molecular complexity index is 1070. The average molecular weight is 456 g/mol. The zero-order valence-electron chi connectivity index (χ0n) is 19.2. The first-order valence-electron chi connectivity index (χ1n) is 11.6. The number of sulfonamides is 1. The van der Waals surface area contributed by atoms with E-state index in [0.29, 0.717) is 19.4 Å². The molecule has 172 valence electrons. The van der Waals surface area contributed by atoms with Gasteiger partial charge < -0.3 is 9.80 Å². The van der Waals surface area contributed by atoms with Crippen LogP contribution in [0.1, 0.15) is 57.2 Å². The van der Waals surface area contributed by atoms with E-state index >= 15 is 0 Å². The van der Waals surface area contributed by atoms with Crippen LogP contribution < -0.4 is 14.5 Å². The molecule has 6 nitrogen and oxygen atoms in total. The van der Waals surface area contributed by atoms with Crippen molar-refractivity contribution in [2.75, 3.05) is 29.4 Å². The first kappa shape index (κ1) is 22.8. The summed E-state index contributed by atoms with van der Waals surface area (Å²) in [5.74, 6) is 0.850. The molecular formula is C25H33N3O3S. The van der Waals surface area contributed by atoms with Gasteiger partial charge >= 0.3 is 0 Å². The Hall–Kier alpha value is -2.38. The first-order chi connectivity index (χ1) is 15.3. The molecule has 2 heterocycles. The summed E-state index contributed by atoms with van der Waals surface area (Å²) in [5.41, 5.74) is 3.86. The third-order valence-electron chi connectivity index (χ3n) is 6.73. The predicted octanol–water partition coefficient (Wildman–Crippen LogP) is 4.26. The van der Waals surface area contributed by atoms with Crippen LogP contribution in [0.15, 0.2) is 47.4 Å². The summed E-state index contributed by atoms with van der Waals surface area (Å²) in [6.07, 6.45) is 3.54. The SMILES string of the molecule is CCC(=O)N1CCc2cc(S(=O)(=O)N[C@@H](C)c3ccc(N4CCC(C)CC4)cc3)ccc21. The molecule has 0 bridgehead atoms. The molecule has 1 amide bonds. The molecule has 0 saturated carbocycles. The molecule has 0 spiro atoms. The van der Waals surface area contributed by atoms with Gasteiger partial charge in [0.15, 0.2) is 0 Å². The summed E-state index contributed by atoms with van der Waals surface area (Å²) < 4.78 is 28.9. The lowest BCUT2D eigenvalue weighted by molar-refractivity contribution is -0.118. The van der Waals surface area contributed by atoms with Crippen molar-refractivity contribution in [2.24, 2.45) is 5.92 Å². The van der Waals surface area contributed by atoms with Gasteiger partial charge in [-0.3, -0.25) is 4.79 Å². The normalized spacial score (nSPS) is 18.0. The minimum absolute atomic E-state index is 0.0635. The number of nitrogens with zero attached hydrogens (tertiary/aromatic N) is 2. The number of hydrogen-bond acceptors (Lipinski definition) is 4. The largest absolute Gasteiger partial charge is 0.372 e. The van der Waals surface area contributed by atoms with E-state index in [-0.39, 0.29) is 16.8 Å². The van der Waals surface area contributed by atoms with Crippen LogP contribution >= 0.6 is 0 Å². The molecule has 32 heavy (non-hydrogen) atoms. The van der Waals surface area contributed by atoms with Gasteiger partial charge in [-0.25, -0.2) is 13.1 Å². The van der Waals surface area contributed by atoms with Crippen LogP contribution in [-0.4, -0.2) is 34.0 Å². The molecule has 0 aliphatic carbocycles. The highest BCUT2D eigenvalue weighted by atomic mass is 32.2. The number of rotatable bonds is 6. The van der Waals surface area contributed by atoms with E-state index in [0.717, 1.165) is 35.8 Å². The molecule has 2 aliphatic heterocycles. The fourth-order valence-electron chi connectivity index (χ4n) is 4.60. The van der Waals surface area contributed by atoms with Crippen LogP contribution in [0.3, 0.4) is 0 Å². The van der Waals surface area contributed by atoms with Crippen molar-refractivity contribution < 1.29 is 13.2 Å². The number of piperidine rings is 1. The average Bonchev–Trinajstić information content (AvgIpc) is 3.22. The fraction of sp³-hybridized carbons (Fsp3) is 0.480. The Kier molecular flexibility index (Phi) is 6.58. The molecule has 1 fully saturated rings. The Morgan fingerprint density at radius 2 is 1.78 bits per heavy atom. The van der Waals surface area contributed by atoms with E-state index in [2.05, 4.69) is 28.7 Å². The molecule has 7 heteroatoms. The van der Waals surface area contributed by atoms with E-state index < -0.39 is 10.0 Å². The number of nitrogens with one attached hydrogen (secondary N) is 1. The molecule has 2 aromatic rings. The minimum atomic E-state index is -3.67. The van der Waals surface area contributed by atoms with Gasteiger partial charge in [-0.1, -0.05) is 26.0 Å². The van der Waals surface area contributed by atoms with Gasteiger partial charge in [0.05, 0.1) is 4.90 Å². The molecule has 1 saturated heterocycles. The Balaban J connectivity index is 1.45. The molecule has 0 unspecified atom stereocenters. The van der Waals surface area contributed by atoms with Crippen LogP contribution in [0.2, 0.25) is 0 Å². The Morgan fingerprint density at radius 1 is 1.09 bits per heavy atom. The first-order valence-corrected chi connectivity index (χ1v) is 13.1. The molecule has 1 atom stereocenters. The van der Waals surface area contributed by atoms with E-state index in [1.165, 1.54) is 18.5 Å². The maximum atomic E-state index is 13.0. The zero-order valence-corrected chi connectivity index (χ0v) is 20.0. The number of carbonyl (C=O) groups is 1. The summed E-state index contributed by atoms with van der Waals surface area (Å²) in [4.78, 5) is 16.5. The Morgan fingerprint density at radius 3 is 2.44 bits per heavy atom. The van der Waals surface area contributed by atoms with Crippen LogP contribution in [0, 0.1) is 5.92 Å². The van der Waals surface area contributed by atoms with Crippen LogP contribution in [0.4, 0.5) is 11.4 Å². The molecule has 2 aliphatic rings. The van der Waals surface area contributed by atoms with Crippen molar-refractivity contribution in [3.05, 3.63) is 53.6 Å². The van der Waals surface area contributed by atoms with Gasteiger partial charge in [0.25, 0.3) is 0 Å². The van der Waals surface area contributed by atoms with E-state index in [9.17, 15) is 13.2 Å². The fourth-order valence-corrected chi connectivity index (χ4v) is 5.89. The number of hydrogen-bond donors (Lipinski definition) is 1. The Labute approximate surface area is 191 Å². The zero-order chi connectivity index (χ0) is 22.9. The van der Waals surface area contributed by atoms with Crippen molar-refractivity contribution >= 4 is 27.3 Å². The van der Waals surface area contributed by atoms with Crippen LogP contribution in [0.5, 0.6) is 0 Å². The summed E-state index contributed by atoms with van der Waals surface area (Å²) >= 11 is 0. The molecule has 0 radical (unpaired) electrons. The minimum Gasteiger partial charge on any atom is -0.372 e. The molecule has 1 N–H and O–H groups in total. The summed E-state index contributed by atoms with van der Waals surface area (Å²) in [6.45, 7) is 8.76. The van der Waals surface area contributed by atoms with Crippen LogP contribution in [0.25, 0.3) is 0 Å². The molecule has 0 aromatic heterocycles. The van der Waals surface area contributed by atoms with Crippen molar-refractivity contribution in [2.45, 2.75) is 57.4 Å². The molecule has 2 aromatic carbocycles. The molecular weight excluding hydrogens is 422 g/mol. The van der Waals surface area contributed by atoms with Crippen molar-refractivity contribution in [1.82, 2.24) is 4.72 Å². The molecule has 4 rings (SSSR count). The second kappa shape index (κ2) is 9.24. The third-order valence-corrected chi connectivity index (χ3v) is 8.27. The smallest absolute Gasteiger partial charge is 0.241 e. The monoisotopic (exact) mass is 455 g/mol. The maximum absolute atomic E-state index is 13.0. The third kappa shape index (κ3) is 4.69. The van der Waals surface area contributed by atoms with Crippen molar-refractivity contribution in [1.29, 1.82) is 0 Å². The summed E-state index contributed by atoms with van der Waals surface area (Å²) in [5, 5.41) is 0. The quantitative estimate of drug-likeness (QED) is 0.707. The standard InChI is InChI=1S/C25H33N3O3S/c1-4-25(29)28-16-13-21-17-23(9-10-24(21)28)32(30,31)26-19(3)20-5-7-22(8-6-20)27-14-11-18(2)12-15-27/h5-10,17-19,26H,4,11-16H2,1-3H3/t19-/m0/s1. The van der Waals surface area contributed by atoms with Gasteiger partial charge in [-0.2, -0.15) is 0 Å². The van der Waals surface area contributed by atoms with E-state index in [1.54, 1.807) is 23.1 Å². The number of fused-ring (bicyclic) bond motifs is 1. The van der Waals surface area contributed by atoms with Gasteiger partial charge in [0, 0.05) is 43.5 Å².